The second-order valence-corrected chi connectivity index (χ2v) is 16.3. The number of rotatable bonds is 44. The van der Waals surface area contributed by atoms with Crippen molar-refractivity contribution in [2.24, 2.45) is 0 Å². The van der Waals surface area contributed by atoms with E-state index in [1.807, 2.05) is 0 Å². The van der Waals surface area contributed by atoms with Gasteiger partial charge in [0, 0.05) is 19.3 Å². The van der Waals surface area contributed by atoms with Gasteiger partial charge in [-0.2, -0.15) is 0 Å². The number of carbonyl (C=O) groups is 3. The molecule has 63 heavy (non-hydrogen) atoms. The van der Waals surface area contributed by atoms with Gasteiger partial charge in [0.25, 0.3) is 0 Å². The summed E-state index contributed by atoms with van der Waals surface area (Å²) in [4.78, 5) is 38.0. The van der Waals surface area contributed by atoms with E-state index in [4.69, 9.17) is 14.2 Å². The molecule has 0 radical (unpaired) electrons. The molecule has 0 aromatic carbocycles. The van der Waals surface area contributed by atoms with Crippen LogP contribution in [0.4, 0.5) is 0 Å². The van der Waals surface area contributed by atoms with E-state index in [0.29, 0.717) is 32.1 Å². The first-order valence-corrected chi connectivity index (χ1v) is 25.4. The highest BCUT2D eigenvalue weighted by atomic mass is 16.6. The van der Waals surface area contributed by atoms with Crippen molar-refractivity contribution in [3.8, 4) is 0 Å². The third-order valence-corrected chi connectivity index (χ3v) is 10.2. The fourth-order valence-electron chi connectivity index (χ4n) is 6.48. The summed E-state index contributed by atoms with van der Waals surface area (Å²) in [6.07, 6.45) is 67.9. The Labute approximate surface area is 387 Å². The van der Waals surface area contributed by atoms with E-state index < -0.39 is 6.10 Å². The van der Waals surface area contributed by atoms with Gasteiger partial charge in [0.05, 0.1) is 0 Å². The van der Waals surface area contributed by atoms with Crippen molar-refractivity contribution in [3.63, 3.8) is 0 Å². The fourth-order valence-corrected chi connectivity index (χ4v) is 6.48. The van der Waals surface area contributed by atoms with Crippen LogP contribution in [0.15, 0.2) is 109 Å². The molecule has 356 valence electrons. The molecular weight excluding hydrogens is 781 g/mol. The summed E-state index contributed by atoms with van der Waals surface area (Å²) in [5, 5.41) is 0. The van der Waals surface area contributed by atoms with E-state index in [2.05, 4.69) is 130 Å². The highest BCUT2D eigenvalue weighted by molar-refractivity contribution is 5.71. The highest BCUT2D eigenvalue weighted by Gasteiger charge is 2.19. The van der Waals surface area contributed by atoms with Crippen molar-refractivity contribution >= 4 is 17.9 Å². The first-order chi connectivity index (χ1) is 31.0. The normalized spacial score (nSPS) is 12.6. The van der Waals surface area contributed by atoms with Gasteiger partial charge in [0.15, 0.2) is 6.10 Å². The third-order valence-electron chi connectivity index (χ3n) is 10.2. The zero-order valence-corrected chi connectivity index (χ0v) is 40.5. The van der Waals surface area contributed by atoms with E-state index in [9.17, 15) is 14.4 Å². The average molecular weight is 873 g/mol. The minimum absolute atomic E-state index is 0.116. The van der Waals surface area contributed by atoms with Crippen molar-refractivity contribution < 1.29 is 28.6 Å². The van der Waals surface area contributed by atoms with Crippen molar-refractivity contribution in [1.29, 1.82) is 0 Å². The first-order valence-electron chi connectivity index (χ1n) is 25.4. The molecule has 0 saturated heterocycles. The van der Waals surface area contributed by atoms with Crippen LogP contribution in [0.3, 0.4) is 0 Å². The molecule has 0 fully saturated rings. The van der Waals surface area contributed by atoms with Gasteiger partial charge < -0.3 is 14.2 Å². The van der Waals surface area contributed by atoms with Crippen LogP contribution in [0, 0.1) is 0 Å². The van der Waals surface area contributed by atoms with Crippen molar-refractivity contribution in [2.75, 3.05) is 13.2 Å². The third kappa shape index (κ3) is 49.0. The maximum absolute atomic E-state index is 12.8. The lowest BCUT2D eigenvalue weighted by Gasteiger charge is -2.18. The molecule has 0 rings (SSSR count). The van der Waals surface area contributed by atoms with Gasteiger partial charge in [-0.3, -0.25) is 14.4 Å². The number of esters is 3. The van der Waals surface area contributed by atoms with Crippen LogP contribution in [0.25, 0.3) is 0 Å². The van der Waals surface area contributed by atoms with Crippen LogP contribution in [0.1, 0.15) is 213 Å². The monoisotopic (exact) mass is 873 g/mol. The second kappa shape index (κ2) is 50.7. The van der Waals surface area contributed by atoms with Crippen LogP contribution in [0.2, 0.25) is 0 Å². The molecular formula is C57H92O6. The minimum atomic E-state index is -0.815. The maximum Gasteiger partial charge on any atom is 0.306 e. The Morgan fingerprint density at radius 2 is 0.619 bits per heavy atom. The largest absolute Gasteiger partial charge is 0.462 e. The Bertz CT molecular complexity index is 1250. The van der Waals surface area contributed by atoms with Gasteiger partial charge in [-0.25, -0.2) is 0 Å². The molecule has 0 bridgehead atoms. The molecule has 6 heteroatoms. The van der Waals surface area contributed by atoms with Crippen LogP contribution in [-0.2, 0) is 28.6 Å². The SMILES string of the molecule is CC/C=C\C/C=C\C/C=C\C/C=C\CCCCC(=O)OCC(COC(=O)CCCC/C=C\C/C=C\C/C=C\C/C=C\CC)OC(=O)CCCCCCCCC/C=C\CCCCCC. The predicted molar refractivity (Wildman–Crippen MR) is 270 cm³/mol. The summed E-state index contributed by atoms with van der Waals surface area (Å²) in [6.45, 7) is 6.30. The molecule has 0 aliphatic carbocycles. The molecule has 0 saturated carbocycles. The summed E-state index contributed by atoms with van der Waals surface area (Å²) in [7, 11) is 0. The van der Waals surface area contributed by atoms with E-state index in [0.717, 1.165) is 96.3 Å². The lowest BCUT2D eigenvalue weighted by atomic mass is 10.1. The molecule has 0 aliphatic heterocycles. The number of hydrogen-bond donors (Lipinski definition) is 0. The van der Waals surface area contributed by atoms with Gasteiger partial charge in [0.2, 0.25) is 0 Å². The van der Waals surface area contributed by atoms with E-state index in [-0.39, 0.29) is 31.1 Å². The average Bonchev–Trinajstić information content (AvgIpc) is 3.28. The molecule has 0 N–H and O–H groups in total. The number of allylic oxidation sites excluding steroid dienone is 18. The summed E-state index contributed by atoms with van der Waals surface area (Å²) >= 11 is 0. The molecule has 0 atom stereocenters. The number of unbranched alkanes of at least 4 members (excludes halogenated alkanes) is 15. The molecule has 0 aromatic heterocycles. The molecule has 0 aliphatic rings. The zero-order valence-electron chi connectivity index (χ0n) is 40.5. The first kappa shape index (κ1) is 59.1. The van der Waals surface area contributed by atoms with Gasteiger partial charge in [-0.1, -0.05) is 182 Å². The number of carbonyl (C=O) groups excluding carboxylic acids is 3. The standard InChI is InChI=1S/C57H92O6/c1-4-7-10-13-16-19-22-25-28-31-34-37-40-43-46-49-55(58)61-52-54(63-57(60)51-48-45-42-39-36-33-30-27-24-21-18-15-12-9-6-3)53-62-56(59)50-47-44-41-38-35-32-29-26-23-20-17-14-11-8-5-2/h7-8,10-11,16-17,19-21,24-26,28-29,34-35,37-38,54H,4-6,9,12-15,18,22-23,27,30-33,36,39-53H2,1-3H3/b10-7-,11-8-,19-16-,20-17-,24-21-,28-25-,29-26-,37-34-,38-35-. The van der Waals surface area contributed by atoms with E-state index in [1.54, 1.807) is 0 Å². The van der Waals surface area contributed by atoms with Crippen molar-refractivity contribution in [1.82, 2.24) is 0 Å². The predicted octanol–water partition coefficient (Wildman–Crippen LogP) is 16.8. The van der Waals surface area contributed by atoms with Crippen LogP contribution < -0.4 is 0 Å². The van der Waals surface area contributed by atoms with Crippen LogP contribution in [-0.4, -0.2) is 37.2 Å². The van der Waals surface area contributed by atoms with E-state index >= 15 is 0 Å². The highest BCUT2D eigenvalue weighted by Crippen LogP contribution is 2.13. The lowest BCUT2D eigenvalue weighted by Crippen LogP contribution is -2.30. The Kier molecular flexibility index (Phi) is 47.5. The lowest BCUT2D eigenvalue weighted by molar-refractivity contribution is -0.167. The zero-order chi connectivity index (χ0) is 45.8. The molecule has 6 nitrogen and oxygen atoms in total. The quantitative estimate of drug-likeness (QED) is 0.0263. The van der Waals surface area contributed by atoms with Gasteiger partial charge in [-0.15, -0.1) is 0 Å². The van der Waals surface area contributed by atoms with Gasteiger partial charge in [0.1, 0.15) is 13.2 Å². The van der Waals surface area contributed by atoms with Crippen molar-refractivity contribution in [2.45, 2.75) is 219 Å². The Morgan fingerprint density at radius 3 is 1.02 bits per heavy atom. The Morgan fingerprint density at radius 1 is 0.333 bits per heavy atom. The molecule has 0 unspecified atom stereocenters. The summed E-state index contributed by atoms with van der Waals surface area (Å²) in [6, 6.07) is 0. The van der Waals surface area contributed by atoms with Gasteiger partial charge in [-0.05, 0) is 122 Å². The Balaban J connectivity index is 4.54. The van der Waals surface area contributed by atoms with E-state index in [1.165, 1.54) is 64.2 Å². The minimum Gasteiger partial charge on any atom is -0.462 e. The molecule has 0 aromatic rings. The maximum atomic E-state index is 12.8. The topological polar surface area (TPSA) is 78.9 Å². The molecule has 0 heterocycles. The number of ether oxygens (including phenoxy) is 3. The summed E-state index contributed by atoms with van der Waals surface area (Å²) < 4.78 is 16.7. The molecule has 0 amide bonds. The van der Waals surface area contributed by atoms with Crippen molar-refractivity contribution in [3.05, 3.63) is 109 Å². The van der Waals surface area contributed by atoms with Gasteiger partial charge >= 0.3 is 17.9 Å². The fraction of sp³-hybridized carbons (Fsp3) is 0.632. The smallest absolute Gasteiger partial charge is 0.306 e. The van der Waals surface area contributed by atoms with Crippen LogP contribution >= 0.6 is 0 Å². The summed E-state index contributed by atoms with van der Waals surface area (Å²) in [5.41, 5.74) is 0. The molecule has 0 spiro atoms. The second-order valence-electron chi connectivity index (χ2n) is 16.3. The van der Waals surface area contributed by atoms with Crippen LogP contribution in [0.5, 0.6) is 0 Å². The number of hydrogen-bond acceptors (Lipinski definition) is 6. The summed E-state index contributed by atoms with van der Waals surface area (Å²) in [5.74, 6) is -1.01. The Hall–Kier alpha value is -3.93.